The third-order valence-corrected chi connectivity index (χ3v) is 3.85. The molecule has 1 heterocycles. The highest BCUT2D eigenvalue weighted by atomic mass is 16.7. The van der Waals surface area contributed by atoms with Crippen LogP contribution in [0.5, 0.6) is 5.75 Å². The number of esters is 1. The van der Waals surface area contributed by atoms with Gasteiger partial charge in [-0.05, 0) is 24.1 Å². The van der Waals surface area contributed by atoms with E-state index in [1.165, 1.54) is 26.4 Å². The number of ketones is 1. The van der Waals surface area contributed by atoms with Gasteiger partial charge in [-0.3, -0.25) is 4.79 Å². The number of benzene rings is 1. The van der Waals surface area contributed by atoms with Crippen LogP contribution in [-0.2, 0) is 14.2 Å². The molecule has 3 rings (SSSR count). The van der Waals surface area contributed by atoms with E-state index in [-0.39, 0.29) is 17.1 Å². The predicted molar refractivity (Wildman–Crippen MR) is 71.2 cm³/mol. The van der Waals surface area contributed by atoms with E-state index >= 15 is 0 Å². The van der Waals surface area contributed by atoms with E-state index in [4.69, 9.17) is 14.2 Å². The Kier molecular flexibility index (Phi) is 2.98. The Morgan fingerprint density at radius 3 is 2.57 bits per heavy atom. The molecular formula is C15H14O6. The van der Waals surface area contributed by atoms with Gasteiger partial charge in [-0.1, -0.05) is 0 Å². The van der Waals surface area contributed by atoms with Crippen LogP contribution in [0.15, 0.2) is 17.9 Å². The Labute approximate surface area is 120 Å². The fourth-order valence-corrected chi connectivity index (χ4v) is 2.98. The van der Waals surface area contributed by atoms with Crippen molar-refractivity contribution >= 4 is 11.8 Å². The highest BCUT2D eigenvalue weighted by Crippen LogP contribution is 2.46. The van der Waals surface area contributed by atoms with Crippen molar-refractivity contribution in [3.8, 4) is 5.75 Å². The number of hydrogen-bond donors (Lipinski definition) is 1. The number of carbonyl (C=O) groups is 2. The summed E-state index contributed by atoms with van der Waals surface area (Å²) in [4.78, 5) is 24.4. The molecule has 0 saturated heterocycles. The molecule has 0 saturated carbocycles. The first kappa shape index (κ1) is 13.6. The molecular weight excluding hydrogens is 276 g/mol. The lowest BCUT2D eigenvalue weighted by atomic mass is 9.78. The number of phenolic OH excluding ortho intramolecular Hbond substituents is 1. The first-order valence-electron chi connectivity index (χ1n) is 6.39. The van der Waals surface area contributed by atoms with Crippen LogP contribution in [0.3, 0.4) is 0 Å². The number of aromatic hydroxyl groups is 1. The fourth-order valence-electron chi connectivity index (χ4n) is 2.98. The quantitative estimate of drug-likeness (QED) is 0.834. The Bertz CT molecular complexity index is 688. The summed E-state index contributed by atoms with van der Waals surface area (Å²) in [7, 11) is 2.84. The highest BCUT2D eigenvalue weighted by molar-refractivity contribution is 6.12. The summed E-state index contributed by atoms with van der Waals surface area (Å²) in [5, 5.41) is 10.1. The Morgan fingerprint density at radius 2 is 1.95 bits per heavy atom. The van der Waals surface area contributed by atoms with Gasteiger partial charge in [0, 0.05) is 18.7 Å². The molecule has 1 aliphatic heterocycles. The summed E-state index contributed by atoms with van der Waals surface area (Å²) < 4.78 is 15.6. The van der Waals surface area contributed by atoms with Crippen LogP contribution in [0.4, 0.5) is 0 Å². The molecule has 0 aromatic heterocycles. The van der Waals surface area contributed by atoms with Gasteiger partial charge in [-0.15, -0.1) is 0 Å². The molecule has 0 unspecified atom stereocenters. The topological polar surface area (TPSA) is 82.1 Å². The second kappa shape index (κ2) is 4.60. The van der Waals surface area contributed by atoms with Crippen LogP contribution in [0.2, 0.25) is 0 Å². The van der Waals surface area contributed by atoms with Gasteiger partial charge in [0.05, 0.1) is 7.11 Å². The van der Waals surface area contributed by atoms with E-state index in [2.05, 4.69) is 0 Å². The molecule has 1 aliphatic carbocycles. The predicted octanol–water partition coefficient (Wildman–Crippen LogP) is 1.65. The lowest BCUT2D eigenvalue weighted by Gasteiger charge is -2.36. The number of methoxy groups -OCH3 is 2. The number of carbonyl (C=O) groups excluding carboxylic acids is 2. The molecule has 110 valence electrons. The number of phenols is 1. The zero-order valence-electron chi connectivity index (χ0n) is 11.8. The minimum atomic E-state index is -0.899. The van der Waals surface area contributed by atoms with E-state index in [1.54, 1.807) is 6.92 Å². The molecule has 0 spiro atoms. The van der Waals surface area contributed by atoms with Crippen LogP contribution < -0.4 is 0 Å². The molecule has 21 heavy (non-hydrogen) atoms. The summed E-state index contributed by atoms with van der Waals surface area (Å²) in [5.74, 6) is -1.40. The summed E-state index contributed by atoms with van der Waals surface area (Å²) in [6.07, 6.45) is 0.468. The Balaban J connectivity index is 2.37. The van der Waals surface area contributed by atoms with Crippen LogP contribution in [0.25, 0.3) is 0 Å². The monoisotopic (exact) mass is 290 g/mol. The van der Waals surface area contributed by atoms with Gasteiger partial charge in [-0.2, -0.15) is 0 Å². The van der Waals surface area contributed by atoms with Gasteiger partial charge in [0.25, 0.3) is 0 Å². The number of allylic oxidation sites excluding steroid dienone is 1. The molecule has 0 radical (unpaired) electrons. The average molecular weight is 290 g/mol. The molecule has 0 bridgehead atoms. The maximum Gasteiger partial charge on any atom is 0.344 e. The smallest absolute Gasteiger partial charge is 0.344 e. The second-order valence-corrected chi connectivity index (χ2v) is 4.98. The number of ether oxygens (including phenoxy) is 3. The highest BCUT2D eigenvalue weighted by Gasteiger charge is 2.45. The molecule has 0 amide bonds. The summed E-state index contributed by atoms with van der Waals surface area (Å²) in [6, 6.07) is 1.39. The SMILES string of the molecule is COC1=CC(=O)c2c(C)cc(O)c3c2[C@H]1[C@@H](OC)OC3=O. The maximum absolute atomic E-state index is 12.3. The van der Waals surface area contributed by atoms with Gasteiger partial charge in [0.2, 0.25) is 6.29 Å². The first-order chi connectivity index (χ1) is 9.99. The third kappa shape index (κ3) is 1.76. The van der Waals surface area contributed by atoms with E-state index < -0.39 is 18.2 Å². The van der Waals surface area contributed by atoms with Crippen molar-refractivity contribution in [3.63, 3.8) is 0 Å². The molecule has 6 nitrogen and oxygen atoms in total. The van der Waals surface area contributed by atoms with E-state index in [1.807, 2.05) is 0 Å². The van der Waals surface area contributed by atoms with Crippen molar-refractivity contribution in [2.45, 2.75) is 19.1 Å². The molecule has 1 aromatic rings. The minimum absolute atomic E-state index is 0.00454. The number of rotatable bonds is 2. The molecule has 1 aromatic carbocycles. The van der Waals surface area contributed by atoms with Crippen molar-refractivity contribution in [3.05, 3.63) is 40.2 Å². The second-order valence-electron chi connectivity index (χ2n) is 4.98. The van der Waals surface area contributed by atoms with Gasteiger partial charge < -0.3 is 19.3 Å². The molecule has 2 aliphatic rings. The van der Waals surface area contributed by atoms with Gasteiger partial charge in [-0.25, -0.2) is 4.79 Å². The van der Waals surface area contributed by atoms with Crippen molar-refractivity contribution in [1.82, 2.24) is 0 Å². The van der Waals surface area contributed by atoms with Crippen molar-refractivity contribution < 1.29 is 28.9 Å². The van der Waals surface area contributed by atoms with Gasteiger partial charge >= 0.3 is 5.97 Å². The van der Waals surface area contributed by atoms with E-state index in [0.29, 0.717) is 22.4 Å². The van der Waals surface area contributed by atoms with Crippen LogP contribution >= 0.6 is 0 Å². The van der Waals surface area contributed by atoms with Gasteiger partial charge in [0.15, 0.2) is 5.78 Å². The average Bonchev–Trinajstić information content (AvgIpc) is 2.44. The van der Waals surface area contributed by atoms with E-state index in [0.717, 1.165) is 0 Å². The summed E-state index contributed by atoms with van der Waals surface area (Å²) in [5.41, 5.74) is 1.41. The Morgan fingerprint density at radius 1 is 1.24 bits per heavy atom. The summed E-state index contributed by atoms with van der Waals surface area (Å²) >= 11 is 0. The molecule has 0 fully saturated rings. The number of cyclic esters (lactones) is 1. The van der Waals surface area contributed by atoms with Crippen molar-refractivity contribution in [1.29, 1.82) is 0 Å². The zero-order valence-corrected chi connectivity index (χ0v) is 11.8. The van der Waals surface area contributed by atoms with E-state index in [9.17, 15) is 14.7 Å². The van der Waals surface area contributed by atoms with Gasteiger partial charge in [0.1, 0.15) is 23.0 Å². The van der Waals surface area contributed by atoms with Crippen molar-refractivity contribution in [2.75, 3.05) is 14.2 Å². The largest absolute Gasteiger partial charge is 0.507 e. The summed E-state index contributed by atoms with van der Waals surface area (Å²) in [6.45, 7) is 1.71. The fraction of sp³-hybridized carbons (Fsp3) is 0.333. The molecule has 6 heteroatoms. The van der Waals surface area contributed by atoms with Crippen LogP contribution in [0, 0.1) is 6.92 Å². The molecule has 2 atom stereocenters. The van der Waals surface area contributed by atoms with Crippen LogP contribution in [-0.4, -0.2) is 37.4 Å². The first-order valence-corrected chi connectivity index (χ1v) is 6.39. The third-order valence-electron chi connectivity index (χ3n) is 3.85. The maximum atomic E-state index is 12.3. The van der Waals surface area contributed by atoms with Crippen molar-refractivity contribution in [2.24, 2.45) is 0 Å². The standard InChI is InChI=1S/C15H14O6/c1-6-4-7(16)11-13-10(6)8(17)5-9(19-2)12(13)15(20-3)21-14(11)18/h4-5,12,15-16H,1-3H3/t12-,15-/m0/s1. The zero-order chi connectivity index (χ0) is 15.3. The molecule has 1 N–H and O–H groups in total. The number of aryl methyl sites for hydroxylation is 1. The lowest BCUT2D eigenvalue weighted by Crippen LogP contribution is -2.38. The Hall–Kier alpha value is -2.34. The normalized spacial score (nSPS) is 23.3. The van der Waals surface area contributed by atoms with Crippen LogP contribution in [0.1, 0.15) is 37.8 Å². The lowest BCUT2D eigenvalue weighted by molar-refractivity contribution is -0.110. The minimum Gasteiger partial charge on any atom is -0.507 e. The number of hydrogen-bond acceptors (Lipinski definition) is 6.